The van der Waals surface area contributed by atoms with Crippen LogP contribution in [-0.4, -0.2) is 62.2 Å². The summed E-state index contributed by atoms with van der Waals surface area (Å²) in [4.78, 5) is 7.76. The Morgan fingerprint density at radius 3 is 2.43 bits per heavy atom. The quantitative estimate of drug-likeness (QED) is 0.786. The third kappa shape index (κ3) is 4.36. The predicted molar refractivity (Wildman–Crippen MR) is 113 cm³/mol. The maximum absolute atomic E-state index is 5.91. The van der Waals surface area contributed by atoms with Crippen molar-refractivity contribution in [1.29, 1.82) is 0 Å². The van der Waals surface area contributed by atoms with Crippen molar-refractivity contribution < 1.29 is 9.15 Å². The van der Waals surface area contributed by atoms with Crippen LogP contribution in [0.15, 0.2) is 34.7 Å². The number of aryl methyl sites for hydroxylation is 2. The van der Waals surface area contributed by atoms with Crippen LogP contribution in [0.2, 0.25) is 0 Å². The predicted octanol–water partition coefficient (Wildman–Crippen LogP) is 3.69. The van der Waals surface area contributed by atoms with Crippen LogP contribution in [0.1, 0.15) is 29.9 Å². The van der Waals surface area contributed by atoms with Crippen LogP contribution in [0.4, 0.5) is 5.69 Å². The third-order valence-corrected chi connectivity index (χ3v) is 6.35. The summed E-state index contributed by atoms with van der Waals surface area (Å²) in [5.41, 5.74) is 2.56. The number of likely N-dealkylation sites (tertiary alicyclic amines) is 1. The Morgan fingerprint density at radius 2 is 1.79 bits per heavy atom. The van der Waals surface area contributed by atoms with Crippen molar-refractivity contribution in [3.8, 4) is 5.75 Å². The van der Waals surface area contributed by atoms with Gasteiger partial charge in [-0.2, -0.15) is 0 Å². The molecule has 152 valence electrons. The highest BCUT2D eigenvalue weighted by Gasteiger charge is 2.28. The van der Waals surface area contributed by atoms with Gasteiger partial charge in [-0.25, -0.2) is 0 Å². The molecule has 1 atom stereocenters. The molecular formula is C23H33N3O2. The van der Waals surface area contributed by atoms with Crippen molar-refractivity contribution in [3.63, 3.8) is 0 Å². The zero-order valence-electron chi connectivity index (χ0n) is 17.5. The number of piperazine rings is 1. The molecular weight excluding hydrogens is 350 g/mol. The number of ether oxygens (including phenoxy) is 1. The summed E-state index contributed by atoms with van der Waals surface area (Å²) in [6, 6.07) is 11.3. The number of piperidine rings is 1. The fraction of sp³-hybridized carbons (Fsp3) is 0.565. The second kappa shape index (κ2) is 8.58. The van der Waals surface area contributed by atoms with Gasteiger partial charge in [0.1, 0.15) is 17.3 Å². The number of rotatable bonds is 5. The molecule has 0 N–H and O–H groups in total. The van der Waals surface area contributed by atoms with E-state index in [0.29, 0.717) is 6.04 Å². The average molecular weight is 384 g/mol. The van der Waals surface area contributed by atoms with E-state index in [9.17, 15) is 0 Å². The van der Waals surface area contributed by atoms with E-state index in [1.165, 1.54) is 30.6 Å². The number of benzene rings is 1. The van der Waals surface area contributed by atoms with E-state index in [0.717, 1.165) is 56.5 Å². The van der Waals surface area contributed by atoms with Crippen molar-refractivity contribution in [3.05, 3.63) is 47.4 Å². The van der Waals surface area contributed by atoms with Crippen LogP contribution in [0.3, 0.4) is 0 Å². The highest BCUT2D eigenvalue weighted by atomic mass is 16.5. The van der Waals surface area contributed by atoms with E-state index in [-0.39, 0.29) is 0 Å². The minimum atomic E-state index is 0.670. The molecule has 0 radical (unpaired) electrons. The van der Waals surface area contributed by atoms with Crippen LogP contribution in [0, 0.1) is 13.8 Å². The Morgan fingerprint density at radius 1 is 1.04 bits per heavy atom. The van der Waals surface area contributed by atoms with Gasteiger partial charge in [0.25, 0.3) is 0 Å². The largest absolute Gasteiger partial charge is 0.497 e. The first-order valence-corrected chi connectivity index (χ1v) is 10.5. The van der Waals surface area contributed by atoms with Crippen molar-refractivity contribution in [1.82, 2.24) is 9.80 Å². The Bertz CT molecular complexity index is 743. The number of furan rings is 1. The third-order valence-electron chi connectivity index (χ3n) is 6.35. The SMILES string of the molecule is COc1ccc(N2CCN(C3CCCN(Cc4cc(C)c(C)o4)C3)CC2)cc1. The number of methoxy groups -OCH3 is 1. The first-order valence-electron chi connectivity index (χ1n) is 10.5. The highest BCUT2D eigenvalue weighted by molar-refractivity contribution is 5.49. The molecule has 1 aromatic heterocycles. The summed E-state index contributed by atoms with van der Waals surface area (Å²) in [5.74, 6) is 3.09. The lowest BCUT2D eigenvalue weighted by molar-refractivity contribution is 0.0848. The van der Waals surface area contributed by atoms with E-state index in [1.807, 2.05) is 0 Å². The van der Waals surface area contributed by atoms with Gasteiger partial charge in [-0.05, 0) is 69.1 Å². The van der Waals surface area contributed by atoms with E-state index in [2.05, 4.69) is 58.9 Å². The van der Waals surface area contributed by atoms with Gasteiger partial charge in [0.2, 0.25) is 0 Å². The summed E-state index contributed by atoms with van der Waals surface area (Å²) in [6.45, 7) is 11.9. The molecule has 4 rings (SSSR count). The molecule has 2 aliphatic rings. The Labute approximate surface area is 168 Å². The van der Waals surface area contributed by atoms with E-state index in [4.69, 9.17) is 9.15 Å². The zero-order valence-corrected chi connectivity index (χ0v) is 17.5. The van der Waals surface area contributed by atoms with Gasteiger partial charge in [0, 0.05) is 44.5 Å². The molecule has 1 unspecified atom stereocenters. The maximum Gasteiger partial charge on any atom is 0.119 e. The monoisotopic (exact) mass is 383 g/mol. The fourth-order valence-electron chi connectivity index (χ4n) is 4.56. The molecule has 2 fully saturated rings. The number of nitrogens with zero attached hydrogens (tertiary/aromatic N) is 3. The first-order chi connectivity index (χ1) is 13.6. The molecule has 0 bridgehead atoms. The Kier molecular flexibility index (Phi) is 5.93. The standard InChI is InChI=1S/C23H33N3O2/c1-18-15-23(28-19(18)2)17-24-10-4-5-21(16-24)26-13-11-25(12-14-26)20-6-8-22(27-3)9-7-20/h6-9,15,21H,4-5,10-14,16-17H2,1-3H3. The normalized spacial score (nSPS) is 21.8. The van der Waals surface area contributed by atoms with Gasteiger partial charge in [0.05, 0.1) is 13.7 Å². The molecule has 2 saturated heterocycles. The maximum atomic E-state index is 5.91. The molecule has 0 amide bonds. The minimum absolute atomic E-state index is 0.670. The van der Waals surface area contributed by atoms with Crippen LogP contribution < -0.4 is 9.64 Å². The van der Waals surface area contributed by atoms with Crippen molar-refractivity contribution >= 4 is 5.69 Å². The Hall–Kier alpha value is -1.98. The van der Waals surface area contributed by atoms with Gasteiger partial charge in [0.15, 0.2) is 0 Å². The summed E-state index contributed by atoms with van der Waals surface area (Å²) in [5, 5.41) is 0. The van der Waals surface area contributed by atoms with Crippen LogP contribution in [0.25, 0.3) is 0 Å². The molecule has 2 aromatic rings. The molecule has 0 aliphatic carbocycles. The second-order valence-electron chi connectivity index (χ2n) is 8.20. The number of anilines is 1. The molecule has 5 heteroatoms. The van der Waals surface area contributed by atoms with Gasteiger partial charge < -0.3 is 14.1 Å². The second-order valence-corrected chi connectivity index (χ2v) is 8.20. The topological polar surface area (TPSA) is 32.1 Å². The lowest BCUT2D eigenvalue weighted by atomic mass is 10.0. The highest BCUT2D eigenvalue weighted by Crippen LogP contribution is 2.24. The van der Waals surface area contributed by atoms with Crippen LogP contribution in [0.5, 0.6) is 5.75 Å². The molecule has 0 saturated carbocycles. The molecule has 1 aromatic carbocycles. The molecule has 2 aliphatic heterocycles. The minimum Gasteiger partial charge on any atom is -0.497 e. The summed E-state index contributed by atoms with van der Waals surface area (Å²) >= 11 is 0. The molecule has 0 spiro atoms. The lowest BCUT2D eigenvalue weighted by Gasteiger charge is -2.43. The Balaban J connectivity index is 1.30. The summed E-state index contributed by atoms with van der Waals surface area (Å²) < 4.78 is 11.2. The van der Waals surface area contributed by atoms with Crippen LogP contribution >= 0.6 is 0 Å². The van der Waals surface area contributed by atoms with Crippen molar-refractivity contribution in [2.24, 2.45) is 0 Å². The van der Waals surface area contributed by atoms with Gasteiger partial charge in [-0.3, -0.25) is 9.80 Å². The molecule has 5 nitrogen and oxygen atoms in total. The molecule has 3 heterocycles. The van der Waals surface area contributed by atoms with E-state index >= 15 is 0 Å². The first kappa shape index (κ1) is 19.3. The molecule has 28 heavy (non-hydrogen) atoms. The van der Waals surface area contributed by atoms with Gasteiger partial charge in [-0.1, -0.05) is 0 Å². The zero-order chi connectivity index (χ0) is 19.5. The smallest absolute Gasteiger partial charge is 0.119 e. The summed E-state index contributed by atoms with van der Waals surface area (Å²) in [6.07, 6.45) is 2.59. The van der Waals surface area contributed by atoms with E-state index < -0.39 is 0 Å². The number of hydrogen-bond acceptors (Lipinski definition) is 5. The average Bonchev–Trinajstić information content (AvgIpc) is 3.05. The van der Waals surface area contributed by atoms with Crippen LogP contribution in [-0.2, 0) is 6.54 Å². The van der Waals surface area contributed by atoms with Crippen molar-refractivity contribution in [2.75, 3.05) is 51.3 Å². The number of hydrogen-bond donors (Lipinski definition) is 0. The van der Waals surface area contributed by atoms with Gasteiger partial charge in [-0.15, -0.1) is 0 Å². The fourth-order valence-corrected chi connectivity index (χ4v) is 4.56. The van der Waals surface area contributed by atoms with Gasteiger partial charge >= 0.3 is 0 Å². The van der Waals surface area contributed by atoms with E-state index in [1.54, 1.807) is 7.11 Å². The lowest BCUT2D eigenvalue weighted by Crippen LogP contribution is -2.55. The van der Waals surface area contributed by atoms with Crippen molar-refractivity contribution in [2.45, 2.75) is 39.3 Å². The summed E-state index contributed by atoms with van der Waals surface area (Å²) in [7, 11) is 1.72.